The molecule has 0 radical (unpaired) electrons. The molecule has 2 N–H and O–H groups in total. The topological polar surface area (TPSA) is 58.2 Å². The number of carbonyl (C=O) groups excluding carboxylic acids is 2. The molecule has 1 aliphatic rings. The van der Waals surface area contributed by atoms with Crippen molar-refractivity contribution in [3.8, 4) is 0 Å². The highest BCUT2D eigenvalue weighted by atomic mass is 32.1. The molecule has 1 saturated carbocycles. The molecule has 5 heteroatoms. The first kappa shape index (κ1) is 14.1. The number of amides is 2. The monoisotopic (exact) mass is 280 g/mol. The van der Waals surface area contributed by atoms with Gasteiger partial charge in [0, 0.05) is 5.92 Å². The largest absolute Gasteiger partial charge is 0.333 e. The van der Waals surface area contributed by atoms with Crippen molar-refractivity contribution in [1.82, 2.24) is 10.6 Å². The van der Waals surface area contributed by atoms with E-state index >= 15 is 0 Å². The van der Waals surface area contributed by atoms with E-state index in [0.29, 0.717) is 4.88 Å². The standard InChI is InChI=1S/C14H20N2O2S/c1-3-10(2)12(17)15-14(7-5-8-14)16-13(18)11-6-4-9-19-11/h4,6,9-10H,3,5,7-8H2,1-2H3,(H,15,17)(H,16,18)/t10-/m0/s1. The summed E-state index contributed by atoms with van der Waals surface area (Å²) in [4.78, 5) is 24.8. The third kappa shape index (κ3) is 3.15. The molecule has 1 atom stereocenters. The van der Waals surface area contributed by atoms with Gasteiger partial charge < -0.3 is 10.6 Å². The van der Waals surface area contributed by atoms with Gasteiger partial charge in [0.15, 0.2) is 0 Å². The molecule has 0 unspecified atom stereocenters. The molecule has 0 aromatic carbocycles. The van der Waals surface area contributed by atoms with Gasteiger partial charge in [-0.25, -0.2) is 0 Å². The van der Waals surface area contributed by atoms with E-state index in [1.165, 1.54) is 11.3 Å². The van der Waals surface area contributed by atoms with Gasteiger partial charge in [0.25, 0.3) is 5.91 Å². The Labute approximate surface area is 117 Å². The lowest BCUT2D eigenvalue weighted by Crippen LogP contribution is -2.65. The minimum absolute atomic E-state index is 0.0175. The molecule has 1 heterocycles. The van der Waals surface area contributed by atoms with E-state index in [1.54, 1.807) is 6.07 Å². The van der Waals surface area contributed by atoms with Gasteiger partial charge in [0.2, 0.25) is 5.91 Å². The average Bonchev–Trinajstić information content (AvgIpc) is 2.88. The molecule has 1 aromatic rings. The molecular formula is C14H20N2O2S. The van der Waals surface area contributed by atoms with Crippen LogP contribution >= 0.6 is 11.3 Å². The van der Waals surface area contributed by atoms with Gasteiger partial charge in [-0.1, -0.05) is 19.9 Å². The zero-order chi connectivity index (χ0) is 13.9. The summed E-state index contributed by atoms with van der Waals surface area (Å²) in [6.45, 7) is 3.89. The van der Waals surface area contributed by atoms with Gasteiger partial charge in [-0.15, -0.1) is 11.3 Å². The maximum absolute atomic E-state index is 12.1. The molecule has 1 fully saturated rings. The van der Waals surface area contributed by atoms with Crippen molar-refractivity contribution >= 4 is 23.2 Å². The van der Waals surface area contributed by atoms with Crippen LogP contribution in [-0.2, 0) is 4.79 Å². The van der Waals surface area contributed by atoms with E-state index in [0.717, 1.165) is 25.7 Å². The van der Waals surface area contributed by atoms with Gasteiger partial charge in [0.05, 0.1) is 4.88 Å². The van der Waals surface area contributed by atoms with Crippen molar-refractivity contribution in [3.05, 3.63) is 22.4 Å². The van der Waals surface area contributed by atoms with E-state index in [1.807, 2.05) is 25.3 Å². The summed E-state index contributed by atoms with van der Waals surface area (Å²) in [6, 6.07) is 3.65. The third-order valence-electron chi connectivity index (χ3n) is 3.73. The molecular weight excluding hydrogens is 260 g/mol. The Morgan fingerprint density at radius 3 is 2.63 bits per heavy atom. The molecule has 1 aromatic heterocycles. The van der Waals surface area contributed by atoms with Gasteiger partial charge in [-0.3, -0.25) is 9.59 Å². The van der Waals surface area contributed by atoms with E-state index in [9.17, 15) is 9.59 Å². The highest BCUT2D eigenvalue weighted by Gasteiger charge is 2.40. The summed E-state index contributed by atoms with van der Waals surface area (Å²) in [5, 5.41) is 7.86. The third-order valence-corrected chi connectivity index (χ3v) is 4.60. The average molecular weight is 280 g/mol. The molecule has 104 valence electrons. The van der Waals surface area contributed by atoms with Crippen LogP contribution in [0.4, 0.5) is 0 Å². The van der Waals surface area contributed by atoms with Crippen molar-refractivity contribution in [2.45, 2.75) is 45.2 Å². The van der Waals surface area contributed by atoms with Crippen LogP contribution < -0.4 is 10.6 Å². The minimum Gasteiger partial charge on any atom is -0.333 e. The van der Waals surface area contributed by atoms with Crippen molar-refractivity contribution < 1.29 is 9.59 Å². The fourth-order valence-electron chi connectivity index (χ4n) is 2.04. The maximum Gasteiger partial charge on any atom is 0.263 e. The molecule has 0 bridgehead atoms. The predicted octanol–water partition coefficient (Wildman–Crippen LogP) is 2.52. The van der Waals surface area contributed by atoms with Crippen LogP contribution in [-0.4, -0.2) is 17.5 Å². The van der Waals surface area contributed by atoms with E-state index < -0.39 is 5.66 Å². The fraction of sp³-hybridized carbons (Fsp3) is 0.571. The van der Waals surface area contributed by atoms with Crippen LogP contribution in [0.5, 0.6) is 0 Å². The van der Waals surface area contributed by atoms with E-state index in [4.69, 9.17) is 0 Å². The van der Waals surface area contributed by atoms with E-state index in [-0.39, 0.29) is 17.7 Å². The summed E-state index contributed by atoms with van der Waals surface area (Å²) in [7, 11) is 0. The maximum atomic E-state index is 12.1. The van der Waals surface area contributed by atoms with Crippen LogP contribution in [0.25, 0.3) is 0 Å². The molecule has 4 nitrogen and oxygen atoms in total. The zero-order valence-corrected chi connectivity index (χ0v) is 12.2. The molecule has 0 saturated heterocycles. The number of rotatable bonds is 5. The lowest BCUT2D eigenvalue weighted by atomic mass is 9.84. The van der Waals surface area contributed by atoms with Crippen molar-refractivity contribution in [1.29, 1.82) is 0 Å². The van der Waals surface area contributed by atoms with Crippen LogP contribution in [0.2, 0.25) is 0 Å². The fourth-order valence-corrected chi connectivity index (χ4v) is 2.66. The number of hydrogen-bond donors (Lipinski definition) is 2. The van der Waals surface area contributed by atoms with Gasteiger partial charge in [-0.05, 0) is 37.1 Å². The van der Waals surface area contributed by atoms with Crippen LogP contribution in [0.3, 0.4) is 0 Å². The van der Waals surface area contributed by atoms with Crippen molar-refractivity contribution in [3.63, 3.8) is 0 Å². The Bertz CT molecular complexity index is 452. The first-order chi connectivity index (χ1) is 9.06. The molecule has 19 heavy (non-hydrogen) atoms. The molecule has 2 amide bonds. The Balaban J connectivity index is 1.99. The number of nitrogens with one attached hydrogen (secondary N) is 2. The number of hydrogen-bond acceptors (Lipinski definition) is 3. The van der Waals surface area contributed by atoms with Gasteiger partial charge >= 0.3 is 0 Å². The Morgan fingerprint density at radius 1 is 1.42 bits per heavy atom. The molecule has 1 aliphatic carbocycles. The van der Waals surface area contributed by atoms with Crippen molar-refractivity contribution in [2.75, 3.05) is 0 Å². The summed E-state index contributed by atoms with van der Waals surface area (Å²) in [5.74, 6) is -0.0936. The van der Waals surface area contributed by atoms with Crippen molar-refractivity contribution in [2.24, 2.45) is 5.92 Å². The van der Waals surface area contributed by atoms with E-state index in [2.05, 4.69) is 10.6 Å². The molecule has 0 aliphatic heterocycles. The highest BCUT2D eigenvalue weighted by Crippen LogP contribution is 2.30. The van der Waals surface area contributed by atoms with Crippen LogP contribution in [0.1, 0.15) is 49.2 Å². The SMILES string of the molecule is CC[C@H](C)C(=O)NC1(NC(=O)c2cccs2)CCC1. The lowest BCUT2D eigenvalue weighted by molar-refractivity contribution is -0.128. The number of carbonyl (C=O) groups is 2. The Morgan fingerprint density at radius 2 is 2.16 bits per heavy atom. The van der Waals surface area contributed by atoms with Crippen LogP contribution in [0, 0.1) is 5.92 Å². The quantitative estimate of drug-likeness (QED) is 0.814. The second kappa shape index (κ2) is 5.74. The second-order valence-corrected chi connectivity index (χ2v) is 6.11. The Hall–Kier alpha value is -1.36. The molecule has 2 rings (SSSR count). The number of thiophene rings is 1. The predicted molar refractivity (Wildman–Crippen MR) is 76.0 cm³/mol. The Kier molecular flexibility index (Phi) is 4.24. The second-order valence-electron chi connectivity index (χ2n) is 5.17. The normalized spacial score (nSPS) is 18.2. The summed E-state index contributed by atoms with van der Waals surface area (Å²) in [5.41, 5.74) is -0.526. The summed E-state index contributed by atoms with van der Waals surface area (Å²) >= 11 is 1.41. The lowest BCUT2D eigenvalue weighted by Gasteiger charge is -2.43. The smallest absolute Gasteiger partial charge is 0.263 e. The zero-order valence-electron chi connectivity index (χ0n) is 11.4. The minimum atomic E-state index is -0.526. The first-order valence-corrected chi connectivity index (χ1v) is 7.62. The van der Waals surface area contributed by atoms with Gasteiger partial charge in [0.1, 0.15) is 5.66 Å². The summed E-state index contributed by atoms with van der Waals surface area (Å²) in [6.07, 6.45) is 3.46. The molecule has 0 spiro atoms. The van der Waals surface area contributed by atoms with Gasteiger partial charge in [-0.2, -0.15) is 0 Å². The highest BCUT2D eigenvalue weighted by molar-refractivity contribution is 7.12. The van der Waals surface area contributed by atoms with Crippen LogP contribution in [0.15, 0.2) is 17.5 Å². The summed E-state index contributed by atoms with van der Waals surface area (Å²) < 4.78 is 0. The first-order valence-electron chi connectivity index (χ1n) is 6.74.